The van der Waals surface area contributed by atoms with Crippen molar-refractivity contribution in [3.63, 3.8) is 0 Å². The summed E-state index contributed by atoms with van der Waals surface area (Å²) >= 11 is 0. The highest BCUT2D eigenvalue weighted by molar-refractivity contribution is 5.75. The van der Waals surface area contributed by atoms with Crippen molar-refractivity contribution in [1.82, 2.24) is 0 Å². The lowest BCUT2D eigenvalue weighted by Crippen LogP contribution is -2.03. The van der Waals surface area contributed by atoms with Crippen LogP contribution in [0.15, 0.2) is 40.1 Å². The molecule has 0 aromatic carbocycles. The summed E-state index contributed by atoms with van der Waals surface area (Å²) < 4.78 is 5.49. The summed E-state index contributed by atoms with van der Waals surface area (Å²) in [5.41, 5.74) is 2.89. The summed E-state index contributed by atoms with van der Waals surface area (Å²) in [5.74, 6) is 1.12. The molecule has 2 aliphatic rings. The summed E-state index contributed by atoms with van der Waals surface area (Å²) in [4.78, 5) is 4.20. The van der Waals surface area contributed by atoms with E-state index in [-0.39, 0.29) is 0 Å². The number of rotatable bonds is 3. The number of allylic oxidation sites excluding steroid dienone is 5. The van der Waals surface area contributed by atoms with E-state index >= 15 is 0 Å². The molecule has 0 saturated heterocycles. The largest absolute Gasteiger partial charge is 0.498 e. The summed E-state index contributed by atoms with van der Waals surface area (Å²) in [5, 5.41) is 0. The monoisotopic (exact) mass is 203 g/mol. The maximum atomic E-state index is 5.49. The fourth-order valence-electron chi connectivity index (χ4n) is 1.94. The second-order valence-electron chi connectivity index (χ2n) is 3.76. The Morgan fingerprint density at radius 2 is 2.00 bits per heavy atom. The van der Waals surface area contributed by atoms with Crippen LogP contribution in [0.1, 0.15) is 26.2 Å². The zero-order chi connectivity index (χ0) is 10.5. The highest BCUT2D eigenvalue weighted by Crippen LogP contribution is 2.27. The van der Waals surface area contributed by atoms with E-state index in [1.807, 2.05) is 13.1 Å². The first-order valence-corrected chi connectivity index (χ1v) is 5.62. The van der Waals surface area contributed by atoms with Crippen LogP contribution in [-0.2, 0) is 4.74 Å². The van der Waals surface area contributed by atoms with E-state index in [1.54, 1.807) is 0 Å². The van der Waals surface area contributed by atoms with Gasteiger partial charge in [0, 0.05) is 19.2 Å². The number of nitrogens with zero attached hydrogens (tertiary/aromatic N) is 1. The third-order valence-electron chi connectivity index (χ3n) is 2.74. The molecular weight excluding hydrogens is 186 g/mol. The minimum Gasteiger partial charge on any atom is -0.498 e. The van der Waals surface area contributed by atoms with Gasteiger partial charge in [-0.25, -0.2) is 0 Å². The van der Waals surface area contributed by atoms with E-state index < -0.39 is 0 Å². The van der Waals surface area contributed by atoms with Crippen LogP contribution in [-0.4, -0.2) is 19.4 Å². The van der Waals surface area contributed by atoms with Gasteiger partial charge in [0.1, 0.15) is 0 Å². The maximum Gasteiger partial charge on any atom is 0.0962 e. The third kappa shape index (κ3) is 2.58. The van der Waals surface area contributed by atoms with Crippen molar-refractivity contribution in [2.24, 2.45) is 4.99 Å². The Hall–Kier alpha value is -1.31. The number of hydrogen-bond acceptors (Lipinski definition) is 2. The molecule has 0 atom stereocenters. The molecule has 0 aromatic rings. The highest BCUT2D eigenvalue weighted by Gasteiger charge is 2.11. The molecule has 0 bridgehead atoms. The average molecular weight is 203 g/mol. The quantitative estimate of drug-likeness (QED) is 0.691. The Morgan fingerprint density at radius 3 is 2.60 bits per heavy atom. The van der Waals surface area contributed by atoms with Crippen molar-refractivity contribution < 1.29 is 4.74 Å². The number of dihydropyridines is 1. The van der Waals surface area contributed by atoms with E-state index in [0.29, 0.717) is 0 Å². The summed E-state index contributed by atoms with van der Waals surface area (Å²) in [7, 11) is 0. The van der Waals surface area contributed by atoms with Gasteiger partial charge in [0.05, 0.1) is 12.4 Å². The van der Waals surface area contributed by atoms with Crippen molar-refractivity contribution in [1.29, 1.82) is 0 Å². The van der Waals surface area contributed by atoms with E-state index in [2.05, 4.69) is 23.2 Å². The van der Waals surface area contributed by atoms with Gasteiger partial charge in [0.15, 0.2) is 0 Å². The molecule has 0 fully saturated rings. The Morgan fingerprint density at radius 1 is 1.13 bits per heavy atom. The molecule has 0 unspecified atom stereocenters. The molecule has 1 aliphatic carbocycles. The van der Waals surface area contributed by atoms with E-state index in [0.717, 1.165) is 38.2 Å². The van der Waals surface area contributed by atoms with Crippen LogP contribution in [0, 0.1) is 0 Å². The normalized spacial score (nSPS) is 20.5. The predicted molar refractivity (Wildman–Crippen MR) is 63.1 cm³/mol. The van der Waals surface area contributed by atoms with Gasteiger partial charge in [0.2, 0.25) is 0 Å². The molecule has 0 radical (unpaired) electrons. The average Bonchev–Trinajstić information content (AvgIpc) is 2.32. The minimum absolute atomic E-state index is 0.768. The number of aliphatic imine (C=N–C) groups is 1. The fourth-order valence-corrected chi connectivity index (χ4v) is 1.94. The molecular formula is C13H17NO. The molecule has 2 heteroatoms. The Bertz CT molecular complexity index is 348. The molecule has 0 amide bonds. The van der Waals surface area contributed by atoms with E-state index in [1.165, 1.54) is 11.1 Å². The van der Waals surface area contributed by atoms with Crippen molar-refractivity contribution in [2.75, 3.05) is 13.2 Å². The van der Waals surface area contributed by atoms with Crippen molar-refractivity contribution in [3.05, 3.63) is 35.1 Å². The van der Waals surface area contributed by atoms with Gasteiger partial charge in [-0.2, -0.15) is 0 Å². The van der Waals surface area contributed by atoms with Gasteiger partial charge in [-0.05, 0) is 43.1 Å². The topological polar surface area (TPSA) is 21.6 Å². The Balaban J connectivity index is 2.06. The Kier molecular flexibility index (Phi) is 3.38. The van der Waals surface area contributed by atoms with Crippen LogP contribution in [0.4, 0.5) is 0 Å². The molecule has 0 spiro atoms. The lowest BCUT2D eigenvalue weighted by molar-refractivity contribution is 0.217. The van der Waals surface area contributed by atoms with Gasteiger partial charge < -0.3 is 4.74 Å². The van der Waals surface area contributed by atoms with Crippen molar-refractivity contribution >= 4 is 6.21 Å². The van der Waals surface area contributed by atoms with Gasteiger partial charge in [-0.3, -0.25) is 4.99 Å². The van der Waals surface area contributed by atoms with Crippen molar-refractivity contribution in [2.45, 2.75) is 26.2 Å². The molecule has 15 heavy (non-hydrogen) atoms. The van der Waals surface area contributed by atoms with Gasteiger partial charge in [-0.1, -0.05) is 6.08 Å². The SMILES string of the molecule is CCOC1=CC=C(C2=CC=NCC2)CC1. The van der Waals surface area contributed by atoms with Crippen LogP contribution in [0.25, 0.3) is 0 Å². The van der Waals surface area contributed by atoms with Crippen LogP contribution < -0.4 is 0 Å². The second kappa shape index (κ2) is 4.96. The Labute approximate surface area is 91.0 Å². The number of ether oxygens (including phenoxy) is 1. The van der Waals surface area contributed by atoms with E-state index in [4.69, 9.17) is 4.74 Å². The second-order valence-corrected chi connectivity index (χ2v) is 3.76. The number of hydrogen-bond donors (Lipinski definition) is 0. The van der Waals surface area contributed by atoms with Gasteiger partial charge in [-0.15, -0.1) is 0 Å². The fraction of sp³-hybridized carbons (Fsp3) is 0.462. The summed E-state index contributed by atoms with van der Waals surface area (Å²) in [6.45, 7) is 3.73. The van der Waals surface area contributed by atoms with Gasteiger partial charge >= 0.3 is 0 Å². The molecule has 0 aromatic heterocycles. The van der Waals surface area contributed by atoms with Gasteiger partial charge in [0.25, 0.3) is 0 Å². The lowest BCUT2D eigenvalue weighted by Gasteiger charge is -2.18. The maximum absolute atomic E-state index is 5.49. The van der Waals surface area contributed by atoms with Crippen LogP contribution in [0.3, 0.4) is 0 Å². The molecule has 0 saturated carbocycles. The first-order chi connectivity index (χ1) is 7.40. The smallest absolute Gasteiger partial charge is 0.0962 e. The van der Waals surface area contributed by atoms with Crippen LogP contribution >= 0.6 is 0 Å². The first kappa shape index (κ1) is 10.2. The lowest BCUT2D eigenvalue weighted by atomic mass is 9.93. The predicted octanol–water partition coefficient (Wildman–Crippen LogP) is 3.03. The molecule has 2 nitrogen and oxygen atoms in total. The molecule has 80 valence electrons. The third-order valence-corrected chi connectivity index (χ3v) is 2.74. The highest BCUT2D eigenvalue weighted by atomic mass is 16.5. The van der Waals surface area contributed by atoms with Crippen molar-refractivity contribution in [3.8, 4) is 0 Å². The molecule has 0 N–H and O–H groups in total. The standard InChI is InChI=1S/C13H17NO/c1-2-15-13-5-3-11(4-6-13)12-7-9-14-10-8-12/h3,5,7,9H,2,4,6,8,10H2,1H3. The summed E-state index contributed by atoms with van der Waals surface area (Å²) in [6.07, 6.45) is 11.6. The zero-order valence-corrected chi connectivity index (χ0v) is 9.20. The first-order valence-electron chi connectivity index (χ1n) is 5.62. The molecule has 1 aliphatic heterocycles. The van der Waals surface area contributed by atoms with Crippen LogP contribution in [0.2, 0.25) is 0 Å². The minimum atomic E-state index is 0.768. The zero-order valence-electron chi connectivity index (χ0n) is 9.20. The van der Waals surface area contributed by atoms with Crippen LogP contribution in [0.5, 0.6) is 0 Å². The molecule has 1 heterocycles. The van der Waals surface area contributed by atoms with E-state index in [9.17, 15) is 0 Å². The molecule has 2 rings (SSSR count). The summed E-state index contributed by atoms with van der Waals surface area (Å²) in [6, 6.07) is 0.